The Kier molecular flexibility index (Phi) is 4.41. The van der Waals surface area contributed by atoms with Crippen LogP contribution < -0.4 is 0 Å². The summed E-state index contributed by atoms with van der Waals surface area (Å²) in [5.74, 6) is 0.259. The maximum absolute atomic E-state index is 10.4. The Labute approximate surface area is 121 Å². The van der Waals surface area contributed by atoms with Gasteiger partial charge >= 0.3 is 0 Å². The molecule has 1 N–H and O–H groups in total. The second-order valence-corrected chi connectivity index (χ2v) is 6.38. The summed E-state index contributed by atoms with van der Waals surface area (Å²) in [7, 11) is 0. The van der Waals surface area contributed by atoms with E-state index in [0.717, 1.165) is 18.7 Å². The van der Waals surface area contributed by atoms with E-state index in [1.165, 1.54) is 32.1 Å². The lowest BCUT2D eigenvalue weighted by Gasteiger charge is -2.22. The smallest absolute Gasteiger partial charge is 0.0650 e. The molecule has 0 aromatic carbocycles. The first-order chi connectivity index (χ1) is 9.74. The Bertz CT molecular complexity index is 426. The Morgan fingerprint density at radius 2 is 2.15 bits per heavy atom. The van der Waals surface area contributed by atoms with Gasteiger partial charge in [-0.3, -0.25) is 4.68 Å². The van der Waals surface area contributed by atoms with E-state index in [1.54, 1.807) is 0 Å². The highest BCUT2D eigenvalue weighted by atomic mass is 16.5. The fourth-order valence-corrected chi connectivity index (χ4v) is 3.65. The predicted molar refractivity (Wildman–Crippen MR) is 77.6 cm³/mol. The SMILES string of the molecule is CC1OCCC1C(O)Cc1ccn(C2CCCCC2)n1. The van der Waals surface area contributed by atoms with Crippen LogP contribution in [0.5, 0.6) is 0 Å². The van der Waals surface area contributed by atoms with Crippen molar-refractivity contribution < 1.29 is 9.84 Å². The molecule has 112 valence electrons. The standard InChI is InChI=1S/C16H26N2O2/c1-12-15(8-10-20-12)16(19)11-13-7-9-18(17-13)14-5-3-2-4-6-14/h7,9,12,14-16,19H,2-6,8,10-11H2,1H3. The highest BCUT2D eigenvalue weighted by Crippen LogP contribution is 2.28. The van der Waals surface area contributed by atoms with Gasteiger partial charge in [-0.25, -0.2) is 0 Å². The quantitative estimate of drug-likeness (QED) is 0.921. The molecule has 4 nitrogen and oxygen atoms in total. The molecule has 4 heteroatoms. The summed E-state index contributed by atoms with van der Waals surface area (Å²) in [6.07, 6.45) is 10.0. The van der Waals surface area contributed by atoms with E-state index in [4.69, 9.17) is 4.74 Å². The third-order valence-electron chi connectivity index (χ3n) is 4.96. The van der Waals surface area contributed by atoms with E-state index in [2.05, 4.69) is 29.0 Å². The van der Waals surface area contributed by atoms with Gasteiger partial charge in [-0.1, -0.05) is 19.3 Å². The van der Waals surface area contributed by atoms with Crippen molar-refractivity contribution >= 4 is 0 Å². The fourth-order valence-electron chi connectivity index (χ4n) is 3.65. The van der Waals surface area contributed by atoms with Crippen molar-refractivity contribution in [1.29, 1.82) is 0 Å². The van der Waals surface area contributed by atoms with Gasteiger partial charge in [0, 0.05) is 25.1 Å². The molecule has 0 bridgehead atoms. The first-order valence-corrected chi connectivity index (χ1v) is 8.08. The van der Waals surface area contributed by atoms with E-state index in [0.29, 0.717) is 12.5 Å². The summed E-state index contributed by atoms with van der Waals surface area (Å²) < 4.78 is 7.66. The number of hydrogen-bond donors (Lipinski definition) is 1. The van der Waals surface area contributed by atoms with Crippen LogP contribution in [0.3, 0.4) is 0 Å². The average Bonchev–Trinajstić information content (AvgIpc) is 3.09. The highest BCUT2D eigenvalue weighted by molar-refractivity contribution is 5.03. The van der Waals surface area contributed by atoms with Crippen LogP contribution in [0.25, 0.3) is 0 Å². The summed E-state index contributed by atoms with van der Waals surface area (Å²) in [6.45, 7) is 2.83. The zero-order valence-corrected chi connectivity index (χ0v) is 12.4. The predicted octanol–water partition coefficient (Wildman–Crippen LogP) is 2.72. The van der Waals surface area contributed by atoms with Crippen LogP contribution in [0.2, 0.25) is 0 Å². The largest absolute Gasteiger partial charge is 0.392 e. The number of hydrogen-bond acceptors (Lipinski definition) is 3. The molecule has 1 saturated carbocycles. The molecular weight excluding hydrogens is 252 g/mol. The van der Waals surface area contributed by atoms with Gasteiger partial charge in [-0.15, -0.1) is 0 Å². The number of aliphatic hydroxyl groups excluding tert-OH is 1. The van der Waals surface area contributed by atoms with E-state index in [-0.39, 0.29) is 18.1 Å². The Hall–Kier alpha value is -0.870. The molecule has 1 aliphatic heterocycles. The molecule has 2 heterocycles. The molecule has 1 aromatic rings. The molecule has 2 aliphatic rings. The topological polar surface area (TPSA) is 47.3 Å². The number of nitrogens with zero attached hydrogens (tertiary/aromatic N) is 2. The molecule has 2 fully saturated rings. The molecule has 1 saturated heterocycles. The van der Waals surface area contributed by atoms with Crippen molar-refractivity contribution in [2.75, 3.05) is 6.61 Å². The van der Waals surface area contributed by atoms with Crippen LogP contribution in [0.15, 0.2) is 12.3 Å². The third kappa shape index (κ3) is 3.07. The first-order valence-electron chi connectivity index (χ1n) is 8.08. The average molecular weight is 278 g/mol. The van der Waals surface area contributed by atoms with Crippen molar-refractivity contribution in [1.82, 2.24) is 9.78 Å². The second-order valence-electron chi connectivity index (χ2n) is 6.38. The fraction of sp³-hybridized carbons (Fsp3) is 0.812. The van der Waals surface area contributed by atoms with Gasteiger partial charge < -0.3 is 9.84 Å². The minimum atomic E-state index is -0.331. The number of aliphatic hydroxyl groups is 1. The Morgan fingerprint density at radius 1 is 1.35 bits per heavy atom. The lowest BCUT2D eigenvalue weighted by atomic mass is 9.93. The minimum Gasteiger partial charge on any atom is -0.392 e. The third-order valence-corrected chi connectivity index (χ3v) is 4.96. The lowest BCUT2D eigenvalue weighted by molar-refractivity contribution is 0.0435. The number of aromatic nitrogens is 2. The molecule has 3 unspecified atom stereocenters. The van der Waals surface area contributed by atoms with Gasteiger partial charge in [0.25, 0.3) is 0 Å². The van der Waals surface area contributed by atoms with Crippen molar-refractivity contribution in [3.05, 3.63) is 18.0 Å². The van der Waals surface area contributed by atoms with E-state index in [9.17, 15) is 5.11 Å². The zero-order chi connectivity index (χ0) is 13.9. The molecule has 1 aliphatic carbocycles. The maximum atomic E-state index is 10.4. The molecule has 0 radical (unpaired) electrons. The first kappa shape index (κ1) is 14.1. The molecular formula is C16H26N2O2. The van der Waals surface area contributed by atoms with Crippen LogP contribution in [-0.4, -0.2) is 33.7 Å². The number of rotatable bonds is 4. The van der Waals surface area contributed by atoms with Crippen LogP contribution in [0.4, 0.5) is 0 Å². The van der Waals surface area contributed by atoms with Crippen molar-refractivity contribution in [2.45, 2.75) is 70.1 Å². The molecule has 0 spiro atoms. The lowest BCUT2D eigenvalue weighted by Crippen LogP contribution is -2.28. The van der Waals surface area contributed by atoms with Gasteiger partial charge in [0.05, 0.1) is 23.9 Å². The van der Waals surface area contributed by atoms with E-state index in [1.807, 2.05) is 0 Å². The van der Waals surface area contributed by atoms with Crippen molar-refractivity contribution in [2.24, 2.45) is 5.92 Å². The van der Waals surface area contributed by atoms with Gasteiger partial charge in [-0.2, -0.15) is 5.10 Å². The molecule has 3 rings (SSSR count). The van der Waals surface area contributed by atoms with E-state index < -0.39 is 0 Å². The second kappa shape index (κ2) is 6.27. The van der Waals surface area contributed by atoms with Crippen molar-refractivity contribution in [3.8, 4) is 0 Å². The minimum absolute atomic E-state index is 0.172. The Morgan fingerprint density at radius 3 is 2.85 bits per heavy atom. The van der Waals surface area contributed by atoms with Crippen molar-refractivity contribution in [3.63, 3.8) is 0 Å². The van der Waals surface area contributed by atoms with E-state index >= 15 is 0 Å². The number of ether oxygens (including phenoxy) is 1. The monoisotopic (exact) mass is 278 g/mol. The molecule has 3 atom stereocenters. The molecule has 20 heavy (non-hydrogen) atoms. The molecule has 1 aromatic heterocycles. The van der Waals surface area contributed by atoms with Gasteiger partial charge in [0.1, 0.15) is 0 Å². The van der Waals surface area contributed by atoms with Crippen LogP contribution in [0, 0.1) is 5.92 Å². The summed E-state index contributed by atoms with van der Waals surface area (Å²) >= 11 is 0. The van der Waals surface area contributed by atoms with Gasteiger partial charge in [0.15, 0.2) is 0 Å². The zero-order valence-electron chi connectivity index (χ0n) is 12.4. The van der Waals surface area contributed by atoms with Crippen LogP contribution in [-0.2, 0) is 11.2 Å². The molecule has 0 amide bonds. The summed E-state index contributed by atoms with van der Waals surface area (Å²) in [5, 5.41) is 15.0. The maximum Gasteiger partial charge on any atom is 0.0650 e. The van der Waals surface area contributed by atoms with Crippen LogP contribution >= 0.6 is 0 Å². The van der Waals surface area contributed by atoms with Gasteiger partial charge in [0.2, 0.25) is 0 Å². The summed E-state index contributed by atoms with van der Waals surface area (Å²) in [4.78, 5) is 0. The normalized spacial score (nSPS) is 29.7. The van der Waals surface area contributed by atoms with Crippen LogP contribution in [0.1, 0.15) is 57.2 Å². The Balaban J connectivity index is 1.59. The highest BCUT2D eigenvalue weighted by Gasteiger charge is 2.31. The van der Waals surface area contributed by atoms with Gasteiger partial charge in [-0.05, 0) is 32.3 Å². The summed E-state index contributed by atoms with van der Waals surface area (Å²) in [5.41, 5.74) is 1.02. The summed E-state index contributed by atoms with van der Waals surface area (Å²) in [6, 6.07) is 2.64.